The number of hydrogen-bond donors (Lipinski definition) is 1. The average Bonchev–Trinajstić information content (AvgIpc) is 2.39. The Balaban J connectivity index is 2.59. The number of hydrogen-bond acceptors (Lipinski definition) is 1. The first-order chi connectivity index (χ1) is 8.98. The van der Waals surface area contributed by atoms with Gasteiger partial charge in [0, 0.05) is 0 Å². The monoisotopic (exact) mass is 271 g/mol. The minimum atomic E-state index is -4.13. The highest BCUT2D eigenvalue weighted by atomic mass is 19.3. The summed E-state index contributed by atoms with van der Waals surface area (Å²) >= 11 is 0. The van der Waals surface area contributed by atoms with Crippen LogP contribution in [0.5, 0.6) is 0 Å². The van der Waals surface area contributed by atoms with E-state index in [0.29, 0.717) is 5.39 Å². The molecule has 1 unspecified atom stereocenters. The van der Waals surface area contributed by atoms with E-state index in [2.05, 4.69) is 5.32 Å². The second-order valence-electron chi connectivity index (χ2n) is 4.27. The minimum Gasteiger partial charge on any atom is -0.308 e. The van der Waals surface area contributed by atoms with E-state index in [1.807, 2.05) is 0 Å². The molecule has 0 bridgehead atoms. The first-order valence-corrected chi connectivity index (χ1v) is 5.79. The van der Waals surface area contributed by atoms with Crippen molar-refractivity contribution in [2.45, 2.75) is 18.4 Å². The van der Waals surface area contributed by atoms with Crippen molar-refractivity contribution in [3.05, 3.63) is 48.0 Å². The van der Waals surface area contributed by atoms with Crippen LogP contribution in [0.15, 0.2) is 42.5 Å². The van der Waals surface area contributed by atoms with Gasteiger partial charge in [-0.3, -0.25) is 0 Å². The van der Waals surface area contributed by atoms with E-state index in [9.17, 15) is 17.6 Å². The van der Waals surface area contributed by atoms with Crippen LogP contribution in [0, 0.1) is 0 Å². The number of nitrogens with one attached hydrogen (secondary N) is 1. The Kier molecular flexibility index (Phi) is 3.75. The molecule has 0 aromatic heterocycles. The SMILES string of the molecule is CNC(c1cccc2ccccc12)C(F)(F)C(F)F. The third-order valence-electron chi connectivity index (χ3n) is 3.10. The Bertz CT molecular complexity index is 563. The Morgan fingerprint density at radius 3 is 2.26 bits per heavy atom. The first kappa shape index (κ1) is 13.8. The van der Waals surface area contributed by atoms with Crippen LogP contribution in [0.25, 0.3) is 10.8 Å². The maximum atomic E-state index is 13.6. The lowest BCUT2D eigenvalue weighted by atomic mass is 9.95. The lowest BCUT2D eigenvalue weighted by Gasteiger charge is -2.27. The zero-order chi connectivity index (χ0) is 14.0. The van der Waals surface area contributed by atoms with E-state index in [4.69, 9.17) is 0 Å². The van der Waals surface area contributed by atoms with Gasteiger partial charge in [-0.05, 0) is 23.4 Å². The molecule has 1 atom stereocenters. The van der Waals surface area contributed by atoms with Gasteiger partial charge in [-0.15, -0.1) is 0 Å². The van der Waals surface area contributed by atoms with E-state index < -0.39 is 18.4 Å². The van der Waals surface area contributed by atoms with Gasteiger partial charge < -0.3 is 5.32 Å². The first-order valence-electron chi connectivity index (χ1n) is 5.79. The number of halogens is 4. The number of rotatable bonds is 4. The van der Waals surface area contributed by atoms with Crippen LogP contribution in [0.2, 0.25) is 0 Å². The Hall–Kier alpha value is -1.62. The van der Waals surface area contributed by atoms with Gasteiger partial charge in [0.2, 0.25) is 0 Å². The summed E-state index contributed by atoms with van der Waals surface area (Å²) in [7, 11) is 1.25. The quantitative estimate of drug-likeness (QED) is 0.829. The minimum absolute atomic E-state index is 0.172. The van der Waals surface area contributed by atoms with Gasteiger partial charge in [-0.25, -0.2) is 8.78 Å². The summed E-state index contributed by atoms with van der Waals surface area (Å²) in [5.41, 5.74) is 0.172. The molecule has 0 amide bonds. The average molecular weight is 271 g/mol. The molecule has 2 aromatic carbocycles. The highest BCUT2D eigenvalue weighted by Crippen LogP contribution is 2.38. The highest BCUT2D eigenvalue weighted by molar-refractivity contribution is 5.86. The Morgan fingerprint density at radius 2 is 1.63 bits per heavy atom. The summed E-state index contributed by atoms with van der Waals surface area (Å²) in [6.07, 6.45) is -3.72. The molecular formula is C14H13F4N. The summed E-state index contributed by atoms with van der Waals surface area (Å²) < 4.78 is 52.3. The highest BCUT2D eigenvalue weighted by Gasteiger charge is 2.49. The molecule has 0 heterocycles. The van der Waals surface area contributed by atoms with Crippen molar-refractivity contribution in [1.29, 1.82) is 0 Å². The smallest absolute Gasteiger partial charge is 0.308 e. The lowest BCUT2D eigenvalue weighted by Crippen LogP contribution is -2.41. The molecule has 1 N–H and O–H groups in total. The van der Waals surface area contributed by atoms with Gasteiger partial charge in [0.15, 0.2) is 0 Å². The van der Waals surface area contributed by atoms with Gasteiger partial charge in [-0.1, -0.05) is 42.5 Å². The number of benzene rings is 2. The predicted octanol–water partition coefficient (Wildman–Crippen LogP) is 4.00. The van der Waals surface area contributed by atoms with Gasteiger partial charge in [0.25, 0.3) is 0 Å². The molecular weight excluding hydrogens is 258 g/mol. The fourth-order valence-corrected chi connectivity index (χ4v) is 2.18. The third kappa shape index (κ3) is 2.42. The van der Waals surface area contributed by atoms with Crippen LogP contribution < -0.4 is 5.32 Å². The summed E-state index contributed by atoms with van der Waals surface area (Å²) in [6, 6.07) is 9.93. The van der Waals surface area contributed by atoms with Crippen molar-refractivity contribution in [1.82, 2.24) is 5.32 Å². The molecule has 5 heteroatoms. The van der Waals surface area contributed by atoms with Crippen LogP contribution in [0.3, 0.4) is 0 Å². The molecule has 0 aliphatic rings. The summed E-state index contributed by atoms with van der Waals surface area (Å²) in [6.45, 7) is 0. The largest absolute Gasteiger partial charge is 0.326 e. The van der Waals surface area contributed by atoms with Crippen molar-refractivity contribution >= 4 is 10.8 Å². The van der Waals surface area contributed by atoms with E-state index in [-0.39, 0.29) is 5.56 Å². The van der Waals surface area contributed by atoms with E-state index in [0.717, 1.165) is 5.39 Å². The van der Waals surface area contributed by atoms with Crippen LogP contribution >= 0.6 is 0 Å². The molecule has 102 valence electrons. The zero-order valence-electron chi connectivity index (χ0n) is 10.2. The molecule has 0 saturated heterocycles. The van der Waals surface area contributed by atoms with Gasteiger partial charge >= 0.3 is 12.3 Å². The van der Waals surface area contributed by atoms with E-state index in [1.54, 1.807) is 36.4 Å². The van der Waals surface area contributed by atoms with Gasteiger partial charge in [-0.2, -0.15) is 8.78 Å². The molecule has 0 fully saturated rings. The van der Waals surface area contributed by atoms with E-state index in [1.165, 1.54) is 13.1 Å². The molecule has 2 rings (SSSR count). The van der Waals surface area contributed by atoms with Crippen molar-refractivity contribution in [2.75, 3.05) is 7.05 Å². The number of fused-ring (bicyclic) bond motifs is 1. The summed E-state index contributed by atoms with van der Waals surface area (Å²) in [4.78, 5) is 0. The molecule has 19 heavy (non-hydrogen) atoms. The van der Waals surface area contributed by atoms with Crippen molar-refractivity contribution < 1.29 is 17.6 Å². The van der Waals surface area contributed by atoms with E-state index >= 15 is 0 Å². The second kappa shape index (κ2) is 5.17. The van der Waals surface area contributed by atoms with Crippen LogP contribution in [-0.2, 0) is 0 Å². The van der Waals surface area contributed by atoms with Crippen molar-refractivity contribution in [3.63, 3.8) is 0 Å². The maximum Gasteiger partial charge on any atom is 0.326 e. The predicted molar refractivity (Wildman–Crippen MR) is 66.7 cm³/mol. The number of alkyl halides is 4. The summed E-state index contributed by atoms with van der Waals surface area (Å²) in [5.74, 6) is -4.13. The Labute approximate surface area is 108 Å². The lowest BCUT2D eigenvalue weighted by molar-refractivity contribution is -0.150. The standard InChI is InChI=1S/C14H13F4N/c1-19-12(14(17,18)13(15)16)11-8-4-6-9-5-2-3-7-10(9)11/h2-8,12-13,19H,1H3. The molecule has 1 nitrogen and oxygen atoms in total. The van der Waals surface area contributed by atoms with Crippen molar-refractivity contribution in [2.24, 2.45) is 0 Å². The third-order valence-corrected chi connectivity index (χ3v) is 3.10. The molecule has 0 aliphatic carbocycles. The van der Waals surface area contributed by atoms with Crippen LogP contribution in [-0.4, -0.2) is 19.4 Å². The normalized spacial score (nSPS) is 14.0. The maximum absolute atomic E-state index is 13.6. The fraction of sp³-hybridized carbons (Fsp3) is 0.286. The Morgan fingerprint density at radius 1 is 1.00 bits per heavy atom. The molecule has 0 spiro atoms. The van der Waals surface area contributed by atoms with Crippen molar-refractivity contribution in [3.8, 4) is 0 Å². The molecule has 0 radical (unpaired) electrons. The molecule has 0 aliphatic heterocycles. The molecule has 2 aromatic rings. The fourth-order valence-electron chi connectivity index (χ4n) is 2.18. The summed E-state index contributed by atoms with van der Waals surface area (Å²) in [5, 5.41) is 3.59. The zero-order valence-corrected chi connectivity index (χ0v) is 10.2. The van der Waals surface area contributed by atoms with Crippen LogP contribution in [0.4, 0.5) is 17.6 Å². The second-order valence-corrected chi connectivity index (χ2v) is 4.27. The van der Waals surface area contributed by atoms with Crippen LogP contribution in [0.1, 0.15) is 11.6 Å². The van der Waals surface area contributed by atoms with Gasteiger partial charge in [0.05, 0.1) is 0 Å². The topological polar surface area (TPSA) is 12.0 Å². The van der Waals surface area contributed by atoms with Gasteiger partial charge in [0.1, 0.15) is 6.04 Å². The molecule has 0 saturated carbocycles.